The van der Waals surface area contributed by atoms with Gasteiger partial charge < -0.3 is 15.4 Å². The maximum absolute atomic E-state index is 5.88. The Morgan fingerprint density at radius 2 is 2.26 bits per heavy atom. The zero-order valence-electron chi connectivity index (χ0n) is 11.9. The molecule has 2 N–H and O–H groups in total. The number of hydrogen-bond donors (Lipinski definition) is 1. The van der Waals surface area contributed by atoms with Crippen molar-refractivity contribution in [2.45, 2.75) is 39.2 Å². The number of nitrogens with two attached hydrogens (primary N) is 1. The van der Waals surface area contributed by atoms with Crippen molar-refractivity contribution >= 4 is 5.95 Å². The summed E-state index contributed by atoms with van der Waals surface area (Å²) >= 11 is 0. The van der Waals surface area contributed by atoms with E-state index in [0.717, 1.165) is 19.0 Å². The molecule has 5 nitrogen and oxygen atoms in total. The Labute approximate surface area is 115 Å². The smallest absolute Gasteiger partial charge is 0.228 e. The van der Waals surface area contributed by atoms with Gasteiger partial charge in [-0.15, -0.1) is 0 Å². The first-order valence-electron chi connectivity index (χ1n) is 7.22. The van der Waals surface area contributed by atoms with E-state index in [1.807, 2.05) is 6.92 Å². The summed E-state index contributed by atoms with van der Waals surface area (Å²) in [6.45, 7) is 6.36. The Kier molecular flexibility index (Phi) is 4.96. The molecule has 2 unspecified atom stereocenters. The Morgan fingerprint density at radius 3 is 2.95 bits per heavy atom. The minimum absolute atomic E-state index is 0.465. The van der Waals surface area contributed by atoms with E-state index in [4.69, 9.17) is 10.5 Å². The molecule has 1 aromatic rings. The minimum atomic E-state index is 0.465. The third-order valence-corrected chi connectivity index (χ3v) is 3.83. The van der Waals surface area contributed by atoms with E-state index in [9.17, 15) is 0 Å². The van der Waals surface area contributed by atoms with E-state index in [0.29, 0.717) is 24.4 Å². The summed E-state index contributed by atoms with van der Waals surface area (Å²) in [5.41, 5.74) is 5.88. The first kappa shape index (κ1) is 14.1. The lowest BCUT2D eigenvalue weighted by Crippen LogP contribution is -2.41. The third kappa shape index (κ3) is 3.15. The molecule has 106 valence electrons. The van der Waals surface area contributed by atoms with Crippen molar-refractivity contribution in [2.75, 3.05) is 24.6 Å². The van der Waals surface area contributed by atoms with Crippen molar-refractivity contribution < 1.29 is 4.74 Å². The fraction of sp³-hybridized carbons (Fsp3) is 0.714. The topological polar surface area (TPSA) is 64.3 Å². The van der Waals surface area contributed by atoms with Gasteiger partial charge in [-0.25, -0.2) is 4.98 Å². The van der Waals surface area contributed by atoms with Crippen LogP contribution in [-0.4, -0.2) is 35.7 Å². The Bertz CT molecular complexity index is 399. The highest BCUT2D eigenvalue weighted by Gasteiger charge is 2.31. The van der Waals surface area contributed by atoms with E-state index in [1.54, 1.807) is 12.3 Å². The highest BCUT2D eigenvalue weighted by Crippen LogP contribution is 2.31. The number of anilines is 1. The number of nitrogens with zero attached hydrogens (tertiary/aromatic N) is 3. The normalized spacial score (nSPS) is 22.5. The van der Waals surface area contributed by atoms with E-state index >= 15 is 0 Å². The second kappa shape index (κ2) is 6.70. The predicted octanol–water partition coefficient (Wildman–Crippen LogP) is 1.83. The van der Waals surface area contributed by atoms with Crippen molar-refractivity contribution in [2.24, 2.45) is 11.7 Å². The molecule has 0 saturated heterocycles. The van der Waals surface area contributed by atoms with Gasteiger partial charge in [0.15, 0.2) is 0 Å². The molecular formula is C14H24N4O. The minimum Gasteiger partial charge on any atom is -0.478 e. The lowest BCUT2D eigenvalue weighted by Gasteiger charge is -2.31. The van der Waals surface area contributed by atoms with Crippen LogP contribution in [0.2, 0.25) is 0 Å². The Balaban J connectivity index is 2.18. The fourth-order valence-electron chi connectivity index (χ4n) is 2.93. The van der Waals surface area contributed by atoms with Crippen LogP contribution in [-0.2, 0) is 0 Å². The molecule has 2 atom stereocenters. The molecular weight excluding hydrogens is 240 g/mol. The summed E-state index contributed by atoms with van der Waals surface area (Å²) in [4.78, 5) is 11.2. The number of ether oxygens (including phenoxy) is 1. The van der Waals surface area contributed by atoms with Gasteiger partial charge in [0.1, 0.15) is 0 Å². The van der Waals surface area contributed by atoms with Crippen molar-refractivity contribution in [1.82, 2.24) is 9.97 Å². The quantitative estimate of drug-likeness (QED) is 0.849. The zero-order valence-corrected chi connectivity index (χ0v) is 11.9. The van der Waals surface area contributed by atoms with Crippen molar-refractivity contribution in [3.05, 3.63) is 12.3 Å². The van der Waals surface area contributed by atoms with Gasteiger partial charge in [-0.2, -0.15) is 4.98 Å². The van der Waals surface area contributed by atoms with Crippen LogP contribution in [0.3, 0.4) is 0 Å². The lowest BCUT2D eigenvalue weighted by molar-refractivity contribution is 0.325. The Morgan fingerprint density at radius 1 is 1.42 bits per heavy atom. The summed E-state index contributed by atoms with van der Waals surface area (Å²) in [5.74, 6) is 1.96. The SMILES string of the molecule is CCOc1ccnc(N(CC)C2CCCC2CN)n1. The highest BCUT2D eigenvalue weighted by atomic mass is 16.5. The molecule has 1 saturated carbocycles. The summed E-state index contributed by atoms with van der Waals surface area (Å²) in [6, 6.07) is 2.27. The van der Waals surface area contributed by atoms with Crippen LogP contribution in [0.5, 0.6) is 5.88 Å². The van der Waals surface area contributed by atoms with Crippen LogP contribution in [0, 0.1) is 5.92 Å². The number of aromatic nitrogens is 2. The van der Waals surface area contributed by atoms with Crippen LogP contribution in [0.1, 0.15) is 33.1 Å². The van der Waals surface area contributed by atoms with Gasteiger partial charge in [-0.3, -0.25) is 0 Å². The average molecular weight is 264 g/mol. The van der Waals surface area contributed by atoms with Crippen LogP contribution < -0.4 is 15.4 Å². The molecule has 19 heavy (non-hydrogen) atoms. The maximum atomic E-state index is 5.88. The first-order valence-corrected chi connectivity index (χ1v) is 7.22. The molecule has 1 aliphatic carbocycles. The molecule has 0 spiro atoms. The molecule has 0 aliphatic heterocycles. The second-order valence-corrected chi connectivity index (χ2v) is 4.91. The summed E-state index contributed by atoms with van der Waals surface area (Å²) in [5, 5.41) is 0. The zero-order chi connectivity index (χ0) is 13.7. The summed E-state index contributed by atoms with van der Waals surface area (Å²) in [7, 11) is 0. The van der Waals surface area contributed by atoms with Crippen LogP contribution in [0.15, 0.2) is 12.3 Å². The molecule has 0 radical (unpaired) electrons. The predicted molar refractivity (Wildman–Crippen MR) is 76.4 cm³/mol. The van der Waals surface area contributed by atoms with Crippen LogP contribution in [0.25, 0.3) is 0 Å². The molecule has 1 aromatic heterocycles. The van der Waals surface area contributed by atoms with Crippen molar-refractivity contribution in [3.8, 4) is 5.88 Å². The molecule has 1 fully saturated rings. The van der Waals surface area contributed by atoms with Gasteiger partial charge >= 0.3 is 0 Å². The molecule has 0 bridgehead atoms. The fourth-order valence-corrected chi connectivity index (χ4v) is 2.93. The van der Waals surface area contributed by atoms with Gasteiger partial charge in [-0.05, 0) is 39.2 Å². The van der Waals surface area contributed by atoms with E-state index in [-0.39, 0.29) is 0 Å². The molecule has 2 rings (SSSR count). The summed E-state index contributed by atoms with van der Waals surface area (Å²) < 4.78 is 5.45. The van der Waals surface area contributed by atoms with E-state index < -0.39 is 0 Å². The largest absolute Gasteiger partial charge is 0.478 e. The van der Waals surface area contributed by atoms with Gasteiger partial charge in [0.25, 0.3) is 0 Å². The monoisotopic (exact) mass is 264 g/mol. The molecule has 1 aliphatic rings. The van der Waals surface area contributed by atoms with Crippen LogP contribution >= 0.6 is 0 Å². The standard InChI is InChI=1S/C14H24N4O/c1-3-18(12-7-5-6-11(12)10-15)14-16-9-8-13(17-14)19-4-2/h8-9,11-12H,3-7,10,15H2,1-2H3. The van der Waals surface area contributed by atoms with Crippen molar-refractivity contribution in [1.29, 1.82) is 0 Å². The number of hydrogen-bond acceptors (Lipinski definition) is 5. The lowest BCUT2D eigenvalue weighted by atomic mass is 10.0. The first-order chi connectivity index (χ1) is 9.30. The highest BCUT2D eigenvalue weighted by molar-refractivity contribution is 5.34. The third-order valence-electron chi connectivity index (χ3n) is 3.83. The second-order valence-electron chi connectivity index (χ2n) is 4.91. The number of rotatable bonds is 6. The van der Waals surface area contributed by atoms with Gasteiger partial charge in [0, 0.05) is 24.8 Å². The molecule has 0 aromatic carbocycles. The van der Waals surface area contributed by atoms with Gasteiger partial charge in [-0.1, -0.05) is 6.42 Å². The van der Waals surface area contributed by atoms with Crippen molar-refractivity contribution in [3.63, 3.8) is 0 Å². The van der Waals surface area contributed by atoms with Crippen LogP contribution in [0.4, 0.5) is 5.95 Å². The van der Waals surface area contributed by atoms with E-state index in [1.165, 1.54) is 19.3 Å². The molecule has 0 amide bonds. The maximum Gasteiger partial charge on any atom is 0.228 e. The Hall–Kier alpha value is -1.36. The van der Waals surface area contributed by atoms with Gasteiger partial charge in [0.2, 0.25) is 11.8 Å². The average Bonchev–Trinajstić information content (AvgIpc) is 2.89. The van der Waals surface area contributed by atoms with E-state index in [2.05, 4.69) is 21.8 Å². The molecule has 5 heteroatoms. The molecule has 1 heterocycles. The van der Waals surface area contributed by atoms with Gasteiger partial charge in [0.05, 0.1) is 6.61 Å². The summed E-state index contributed by atoms with van der Waals surface area (Å²) in [6.07, 6.45) is 5.40.